The van der Waals surface area contributed by atoms with Crippen LogP contribution in [0.4, 0.5) is 0 Å². The number of unbranched alkanes of at least 4 members (excludes halogenated alkanes) is 6. The molecule has 0 aromatic carbocycles. The molecule has 0 aromatic rings. The summed E-state index contributed by atoms with van der Waals surface area (Å²) in [5.74, 6) is 0. The van der Waals surface area contributed by atoms with Crippen LogP contribution in [0.1, 0.15) is 58.3 Å². The maximum atomic E-state index is 4.26. The first-order chi connectivity index (χ1) is 6.93. The molecule has 1 heterocycles. The molecule has 0 aromatic heterocycles. The lowest BCUT2D eigenvalue weighted by atomic mass is 10.1. The Morgan fingerprint density at radius 3 is 2.36 bits per heavy atom. The molecule has 0 saturated heterocycles. The monoisotopic (exact) mass is 192 g/mol. The molecule has 0 fully saturated rings. The molecule has 0 spiro atoms. The minimum absolute atomic E-state index is 1.17. The zero-order valence-corrected chi connectivity index (χ0v) is 9.34. The van der Waals surface area contributed by atoms with E-state index in [2.05, 4.69) is 18.0 Å². The van der Waals surface area contributed by atoms with E-state index >= 15 is 0 Å². The van der Waals surface area contributed by atoms with Gasteiger partial charge in [0.1, 0.15) is 6.04 Å². The summed E-state index contributed by atoms with van der Waals surface area (Å²) in [5.41, 5.74) is 0. The van der Waals surface area contributed by atoms with E-state index in [1.807, 2.05) is 12.3 Å². The van der Waals surface area contributed by atoms with Gasteiger partial charge in [-0.15, -0.1) is 0 Å². The van der Waals surface area contributed by atoms with E-state index in [-0.39, 0.29) is 0 Å². The van der Waals surface area contributed by atoms with E-state index < -0.39 is 0 Å². The highest BCUT2D eigenvalue weighted by Gasteiger charge is 2.04. The van der Waals surface area contributed by atoms with Crippen molar-refractivity contribution in [2.45, 2.75) is 58.3 Å². The highest BCUT2D eigenvalue weighted by molar-refractivity contribution is 5.75. The van der Waals surface area contributed by atoms with Crippen molar-refractivity contribution in [3.05, 3.63) is 18.2 Å². The Morgan fingerprint density at radius 1 is 1.00 bits per heavy atom. The number of rotatable bonds is 8. The zero-order valence-electron chi connectivity index (χ0n) is 9.34. The SMILES string of the molecule is CCCCCCCCC[C]1C=CC=N1. The summed E-state index contributed by atoms with van der Waals surface area (Å²) in [6.45, 7) is 2.26. The topological polar surface area (TPSA) is 12.4 Å². The molecule has 0 aliphatic carbocycles. The normalized spacial score (nSPS) is 15.5. The van der Waals surface area contributed by atoms with Crippen LogP contribution in [0, 0.1) is 6.04 Å². The highest BCUT2D eigenvalue weighted by Crippen LogP contribution is 2.18. The van der Waals surface area contributed by atoms with Gasteiger partial charge in [-0.3, -0.25) is 4.99 Å². The molecule has 1 aliphatic heterocycles. The van der Waals surface area contributed by atoms with Gasteiger partial charge in [-0.2, -0.15) is 0 Å². The summed E-state index contributed by atoms with van der Waals surface area (Å²) >= 11 is 0. The lowest BCUT2D eigenvalue weighted by Crippen LogP contribution is -1.87. The van der Waals surface area contributed by atoms with Crippen molar-refractivity contribution in [2.24, 2.45) is 4.99 Å². The van der Waals surface area contributed by atoms with Crippen LogP contribution >= 0.6 is 0 Å². The minimum atomic E-state index is 1.17. The minimum Gasteiger partial charge on any atom is -0.279 e. The summed E-state index contributed by atoms with van der Waals surface area (Å²) in [6, 6.07) is 1.26. The number of hydrogen-bond donors (Lipinski definition) is 0. The van der Waals surface area contributed by atoms with Crippen molar-refractivity contribution in [1.29, 1.82) is 0 Å². The van der Waals surface area contributed by atoms with Crippen LogP contribution in [0.15, 0.2) is 17.1 Å². The van der Waals surface area contributed by atoms with Crippen molar-refractivity contribution < 1.29 is 0 Å². The first kappa shape index (κ1) is 11.5. The molecule has 1 radical (unpaired) electrons. The van der Waals surface area contributed by atoms with Crippen LogP contribution in [0.25, 0.3) is 0 Å². The first-order valence-corrected chi connectivity index (χ1v) is 6.00. The third kappa shape index (κ3) is 5.21. The first-order valence-electron chi connectivity index (χ1n) is 6.00. The summed E-state index contributed by atoms with van der Waals surface area (Å²) in [4.78, 5) is 4.26. The molecule has 79 valence electrons. The zero-order chi connectivity index (χ0) is 10.1. The third-order valence-electron chi connectivity index (χ3n) is 2.65. The van der Waals surface area contributed by atoms with Gasteiger partial charge in [-0.1, -0.05) is 57.9 Å². The van der Waals surface area contributed by atoms with Gasteiger partial charge in [-0.25, -0.2) is 0 Å². The smallest absolute Gasteiger partial charge is 0.108 e. The standard InChI is InChI=1S/C13H22N/c1-2-3-4-5-6-7-8-10-13-11-9-12-14-13/h9,11-12H,2-8,10H2,1H3. The van der Waals surface area contributed by atoms with Gasteiger partial charge in [0.15, 0.2) is 0 Å². The van der Waals surface area contributed by atoms with Crippen LogP contribution in [-0.2, 0) is 0 Å². The molecule has 1 aliphatic rings. The van der Waals surface area contributed by atoms with Crippen LogP contribution in [0.2, 0.25) is 0 Å². The van der Waals surface area contributed by atoms with Gasteiger partial charge in [0.25, 0.3) is 0 Å². The van der Waals surface area contributed by atoms with E-state index in [4.69, 9.17) is 0 Å². The predicted octanol–water partition coefficient (Wildman–Crippen LogP) is 4.30. The number of aliphatic imine (C=N–C) groups is 1. The fraction of sp³-hybridized carbons (Fsp3) is 0.692. The van der Waals surface area contributed by atoms with Crippen LogP contribution < -0.4 is 0 Å². The Kier molecular flexibility index (Phi) is 6.38. The van der Waals surface area contributed by atoms with Crippen LogP contribution in [0.5, 0.6) is 0 Å². The van der Waals surface area contributed by atoms with E-state index in [0.717, 1.165) is 0 Å². The molecule has 0 amide bonds. The molecular weight excluding hydrogens is 170 g/mol. The second-order valence-corrected chi connectivity index (χ2v) is 4.00. The second-order valence-electron chi connectivity index (χ2n) is 4.00. The van der Waals surface area contributed by atoms with Gasteiger partial charge in [0.05, 0.1) is 0 Å². The molecule has 0 atom stereocenters. The molecule has 1 heteroatoms. The highest BCUT2D eigenvalue weighted by atomic mass is 14.8. The Bertz CT molecular complexity index is 170. The third-order valence-corrected chi connectivity index (χ3v) is 2.65. The quantitative estimate of drug-likeness (QED) is 0.508. The molecule has 0 N–H and O–H groups in total. The van der Waals surface area contributed by atoms with Gasteiger partial charge in [0, 0.05) is 6.21 Å². The van der Waals surface area contributed by atoms with Crippen molar-refractivity contribution in [2.75, 3.05) is 0 Å². The number of allylic oxidation sites excluding steroid dienone is 1. The van der Waals surface area contributed by atoms with Crippen molar-refractivity contribution >= 4 is 6.21 Å². The van der Waals surface area contributed by atoms with E-state index in [1.54, 1.807) is 0 Å². The molecule has 0 bridgehead atoms. The number of nitrogens with zero attached hydrogens (tertiary/aromatic N) is 1. The largest absolute Gasteiger partial charge is 0.279 e. The Morgan fingerprint density at radius 2 is 1.71 bits per heavy atom. The summed E-state index contributed by atoms with van der Waals surface area (Å²) in [7, 11) is 0. The molecule has 0 saturated carbocycles. The summed E-state index contributed by atoms with van der Waals surface area (Å²) in [5, 5.41) is 0. The molecule has 0 unspecified atom stereocenters. The lowest BCUT2D eigenvalue weighted by Gasteiger charge is -2.03. The van der Waals surface area contributed by atoms with E-state index in [0.29, 0.717) is 0 Å². The van der Waals surface area contributed by atoms with Gasteiger partial charge in [-0.05, 0) is 12.5 Å². The lowest BCUT2D eigenvalue weighted by molar-refractivity contribution is 0.582. The van der Waals surface area contributed by atoms with Gasteiger partial charge >= 0.3 is 0 Å². The number of hydrogen-bond acceptors (Lipinski definition) is 1. The maximum absolute atomic E-state index is 4.26. The van der Waals surface area contributed by atoms with E-state index in [1.165, 1.54) is 57.4 Å². The second kappa shape index (κ2) is 7.78. The molecule has 14 heavy (non-hydrogen) atoms. The average Bonchev–Trinajstić information content (AvgIpc) is 2.69. The molecular formula is C13H22N. The Balaban J connectivity index is 1.80. The summed E-state index contributed by atoms with van der Waals surface area (Å²) in [6.07, 6.45) is 16.9. The van der Waals surface area contributed by atoms with Crippen LogP contribution in [0.3, 0.4) is 0 Å². The maximum Gasteiger partial charge on any atom is 0.108 e. The van der Waals surface area contributed by atoms with Crippen molar-refractivity contribution in [3.8, 4) is 0 Å². The van der Waals surface area contributed by atoms with Gasteiger partial charge in [0.2, 0.25) is 0 Å². The Labute approximate surface area is 88.3 Å². The van der Waals surface area contributed by atoms with Crippen molar-refractivity contribution in [3.63, 3.8) is 0 Å². The molecule has 1 nitrogen and oxygen atoms in total. The summed E-state index contributed by atoms with van der Waals surface area (Å²) < 4.78 is 0. The predicted molar refractivity (Wildman–Crippen MR) is 63.5 cm³/mol. The van der Waals surface area contributed by atoms with E-state index in [9.17, 15) is 0 Å². The average molecular weight is 192 g/mol. The fourth-order valence-corrected chi connectivity index (χ4v) is 1.75. The van der Waals surface area contributed by atoms with Crippen molar-refractivity contribution in [1.82, 2.24) is 0 Å². The Hall–Kier alpha value is -0.590. The van der Waals surface area contributed by atoms with Gasteiger partial charge < -0.3 is 0 Å². The fourth-order valence-electron chi connectivity index (χ4n) is 1.75. The van der Waals surface area contributed by atoms with Crippen LogP contribution in [-0.4, -0.2) is 6.21 Å². The molecule has 1 rings (SSSR count).